The molecule has 798 valence electrons. The van der Waals surface area contributed by atoms with Crippen LogP contribution < -0.4 is 21.7 Å². The second kappa shape index (κ2) is 58.8. The number of aliphatic hydroxyl groups excluding tert-OH is 1. The first-order valence-corrected chi connectivity index (χ1v) is 51.1. The predicted molar refractivity (Wildman–Crippen MR) is 567 cm³/mol. The number of allylic oxidation sites excluding steroid dienone is 2. The molecule has 12 unspecified atom stereocenters. The van der Waals surface area contributed by atoms with Gasteiger partial charge in [-0.25, -0.2) is 28.8 Å². The van der Waals surface area contributed by atoms with Crippen LogP contribution in [0.5, 0.6) is 0 Å². The lowest BCUT2D eigenvalue weighted by Crippen LogP contribution is -2.42. The van der Waals surface area contributed by atoms with E-state index in [0.29, 0.717) is 5.56 Å². The molecule has 5 heterocycles. The first kappa shape index (κ1) is 127. The van der Waals surface area contributed by atoms with Crippen molar-refractivity contribution in [1.82, 2.24) is 40.9 Å². The Morgan fingerprint density at radius 2 is 0.707 bits per heavy atom. The van der Waals surface area contributed by atoms with Crippen LogP contribution in [-0.2, 0) is 90.5 Å². The summed E-state index contributed by atoms with van der Waals surface area (Å²) < 4.78 is 55.7. The van der Waals surface area contributed by atoms with Crippen LogP contribution >= 0.6 is 47.8 Å². The summed E-state index contributed by atoms with van der Waals surface area (Å²) in [4.78, 5) is 173. The van der Waals surface area contributed by atoms with Crippen molar-refractivity contribution in [2.24, 2.45) is 5.73 Å². The highest BCUT2D eigenvalue weighted by molar-refractivity contribution is 9.11. The highest BCUT2D eigenvalue weighted by Crippen LogP contribution is 2.37. The number of nitro groups is 3. The van der Waals surface area contributed by atoms with Gasteiger partial charge in [-0.05, 0) is 185 Å². The fraction of sp³-hybridized carbons (Fsp3) is 0.422. The number of carbonyl (C=O) groups excluding carboxylic acids is 11. The van der Waals surface area contributed by atoms with E-state index in [-0.39, 0.29) is 23.7 Å². The number of nitrogens with one attached hydrogen (secondary N) is 8. The van der Waals surface area contributed by atoms with Gasteiger partial charge in [0, 0.05) is 171 Å². The van der Waals surface area contributed by atoms with Crippen LogP contribution in [0.2, 0.25) is 19.6 Å². The molecule has 0 aliphatic carbocycles. The lowest BCUT2D eigenvalue weighted by Gasteiger charge is -2.25. The predicted octanol–water partition coefficient (Wildman–Crippen LogP) is 17.6. The molecule has 147 heavy (non-hydrogen) atoms. The molecule has 12 atom stereocenters. The fourth-order valence-electron chi connectivity index (χ4n) is 13.8. The largest absolute Gasteiger partial charge is 0.469 e. The smallest absolute Gasteiger partial charge is 0.407 e. The molecule has 0 fully saturated rings. The zero-order chi connectivity index (χ0) is 112. The number of nitrogens with two attached hydrogens (primary N) is 1. The van der Waals surface area contributed by atoms with Crippen LogP contribution in [-0.4, -0.2) is 235 Å². The van der Waals surface area contributed by atoms with Crippen molar-refractivity contribution >= 4 is 176 Å². The minimum absolute atomic E-state index is 0.230. The van der Waals surface area contributed by atoms with Gasteiger partial charge in [0.15, 0.2) is 5.92 Å². The monoisotopic (exact) mass is 2250 g/mol. The number of fused-ring (bicyclic) bond motifs is 5. The second-order valence-electron chi connectivity index (χ2n) is 36.7. The van der Waals surface area contributed by atoms with Crippen LogP contribution in [0.4, 0.5) is 14.4 Å². The third-order valence-electron chi connectivity index (χ3n) is 20.8. The zero-order valence-electron chi connectivity index (χ0n) is 87.2. The lowest BCUT2D eigenvalue weighted by molar-refractivity contribution is -0.527. The molecule has 5 aromatic carbocycles. The third-order valence-corrected chi connectivity index (χ3v) is 23.1. The first-order chi connectivity index (χ1) is 68.5. The van der Waals surface area contributed by atoms with Gasteiger partial charge in [-0.1, -0.05) is 116 Å². The molecule has 0 saturated carbocycles. The molecule has 0 saturated heterocycles. The number of ether oxygens (including phenoxy) is 11. The van der Waals surface area contributed by atoms with E-state index in [0.717, 1.165) is 129 Å². The normalized spacial score (nSPS) is 13.6. The standard InChI is InChI=1S/C23H32N2O4Si.C20H24N2O4.C18H23BrN2O4.C13H13BrN2O4.C13H15BrN2O2.C5H9NO5.C5H7NO4.C5H8O2/c1-15(25-22(27)29-23(2,3)4)20(21(26)28-5)18-14-24-19-13-16(9-10-17(18)19)11-12-30(6,7)8;1-7-13-8-9-14-15(11-21-16(14)10-13)17(18(23)25-6)12(2)22-19(24)26-20(3,4)5;1-10(21-17(23)25-18(2,3)4)15(16(22)24-5)13-9-20-14-8-11(19)6-7-12(13)14;1-7(16(18)19)12(13(17)20-2)10-6-15-11-5-8(14)3-4-9(10)11;1-7(15)12(13(17)18-2)10-6-16-11-5-8(14)3-4-9(10)11;1-3(6(9)10)4(7)5(8)11-2;1-4(6(8)9)3-5(7)10-2;1-3-4-5(6)7-2/h9-10,13-15,20,24H,1-8H3,(H,25,27);1,8-12,17,21H,2-6H3,(H,22,24);6-10,15,20H,1-5H3,(H,21,23);3-7,12,15H,1-2H3;3-7,12,16H,15H2,1-2H3;3-4,7H,1-2H3;3H,1-2H3;3-4H,1-2H3/b;;;;;;4-3-;4-3+. The molecule has 3 amide bonds. The quantitative estimate of drug-likeness (QED) is 0.00483. The Kier molecular flexibility index (Phi) is 50.7. The number of H-pyrrole nitrogens is 5. The van der Waals surface area contributed by atoms with Crippen molar-refractivity contribution in [2.45, 2.75) is 226 Å². The van der Waals surface area contributed by atoms with Gasteiger partial charge in [0.25, 0.3) is 0 Å². The highest BCUT2D eigenvalue weighted by atomic mass is 79.9. The molecule has 0 bridgehead atoms. The maximum Gasteiger partial charge on any atom is 0.407 e. The molecular formula is C102H131Br3N12O29Si. The van der Waals surface area contributed by atoms with Crippen LogP contribution in [0.1, 0.15) is 186 Å². The van der Waals surface area contributed by atoms with Crippen molar-refractivity contribution in [3.05, 3.63) is 229 Å². The zero-order valence-corrected chi connectivity index (χ0v) is 93.0. The molecule has 10 aromatic rings. The highest BCUT2D eigenvalue weighted by Gasteiger charge is 2.40. The second-order valence-corrected chi connectivity index (χ2v) is 44.2. The van der Waals surface area contributed by atoms with Gasteiger partial charge in [-0.3, -0.25) is 54.3 Å². The number of amides is 3. The number of aromatic amines is 5. The van der Waals surface area contributed by atoms with E-state index >= 15 is 0 Å². The molecule has 0 spiro atoms. The number of aromatic nitrogens is 5. The lowest BCUT2D eigenvalue weighted by atomic mass is 9.92. The van der Waals surface area contributed by atoms with Crippen LogP contribution in [0.25, 0.3) is 54.5 Å². The first-order valence-electron chi connectivity index (χ1n) is 45.3. The molecule has 0 aliphatic heterocycles. The number of methoxy groups -OCH3 is 8. The number of benzene rings is 5. The molecule has 41 nitrogen and oxygen atoms in total. The minimum Gasteiger partial charge on any atom is -0.469 e. The minimum atomic E-state index is -1.69. The Bertz CT molecular complexity index is 6430. The van der Waals surface area contributed by atoms with Crippen molar-refractivity contribution in [3.8, 4) is 23.8 Å². The number of hydrogen-bond donors (Lipinski definition) is 10. The number of esters is 8. The van der Waals surface area contributed by atoms with Crippen LogP contribution in [0.3, 0.4) is 0 Å². The molecule has 0 aliphatic rings. The van der Waals surface area contributed by atoms with Gasteiger partial charge in [0.1, 0.15) is 42.6 Å². The number of hydrogen-bond acceptors (Lipinski definition) is 30. The van der Waals surface area contributed by atoms with Crippen LogP contribution in [0, 0.1) is 54.2 Å². The van der Waals surface area contributed by atoms with E-state index in [2.05, 4.69) is 140 Å². The number of nitrogens with zero attached hydrogens (tertiary/aromatic N) is 3. The van der Waals surface area contributed by atoms with Gasteiger partial charge in [0.05, 0.1) is 73.8 Å². The number of rotatable bonds is 25. The fourth-order valence-corrected chi connectivity index (χ4v) is 15.4. The number of aliphatic hydroxyl groups is 1. The van der Waals surface area contributed by atoms with Gasteiger partial charge in [-0.2, -0.15) is 0 Å². The van der Waals surface area contributed by atoms with Crippen molar-refractivity contribution in [3.63, 3.8) is 0 Å². The number of terminal acetylenes is 1. The number of carbonyl (C=O) groups is 11. The Labute approximate surface area is 877 Å². The molecular weight excluding hydrogens is 2120 g/mol. The van der Waals surface area contributed by atoms with E-state index in [1.54, 1.807) is 134 Å². The average molecular weight is 2260 g/mol. The summed E-state index contributed by atoms with van der Waals surface area (Å²) in [5, 5.41) is 52.4. The maximum atomic E-state index is 12.6. The number of alkyl carbamates (subject to hydrolysis) is 3. The van der Waals surface area contributed by atoms with Gasteiger partial charge >= 0.3 is 66.0 Å². The summed E-state index contributed by atoms with van der Waals surface area (Å²) in [6.07, 6.45) is 14.6. The van der Waals surface area contributed by atoms with E-state index in [1.807, 2.05) is 91.1 Å². The summed E-state index contributed by atoms with van der Waals surface area (Å²) in [6.45, 7) is 35.2. The molecule has 45 heteroatoms. The summed E-state index contributed by atoms with van der Waals surface area (Å²) >= 11 is 10.2. The van der Waals surface area contributed by atoms with Crippen molar-refractivity contribution in [1.29, 1.82) is 0 Å². The summed E-state index contributed by atoms with van der Waals surface area (Å²) in [7, 11) is 8.69. The molecule has 10 rings (SSSR count). The summed E-state index contributed by atoms with van der Waals surface area (Å²) in [6, 6.07) is 24.2. The van der Waals surface area contributed by atoms with E-state index in [9.17, 15) is 83.1 Å². The summed E-state index contributed by atoms with van der Waals surface area (Å²) in [5.41, 5.74) is 16.9. The van der Waals surface area contributed by atoms with Gasteiger partial charge in [0.2, 0.25) is 23.9 Å². The number of halogens is 3. The van der Waals surface area contributed by atoms with Crippen LogP contribution in [0.15, 0.2) is 159 Å². The van der Waals surface area contributed by atoms with Gasteiger partial charge < -0.3 is 104 Å². The topological polar surface area (TPSA) is 580 Å². The SMILES string of the molecule is C#Cc1ccc2c(C(C(=O)OC)C(C)NC(=O)OC(C)(C)C)c[nH]c2c1.C/C=C/C(=O)OC.COC(=O)/C=C(/C)[N+](=O)[O-].COC(=O)C(O)C(C)[N+](=O)[O-].COC(=O)C(c1c[nH]c2cc(Br)ccc12)C(C)N.COC(=O)C(c1c[nH]c2cc(Br)ccc12)C(C)NC(=O)OC(C)(C)C.COC(=O)C(c1c[nH]c2cc(Br)ccc12)C(C)[N+](=O)[O-].COC(=O)C(c1c[nH]c2cc(C#C[Si](C)(C)C)ccc12)C(C)NC(=O)OC(C)(C)C. The summed E-state index contributed by atoms with van der Waals surface area (Å²) in [5.74, 6) is -1.85. The Morgan fingerprint density at radius 3 is 0.973 bits per heavy atom. The van der Waals surface area contributed by atoms with E-state index in [4.69, 9.17) is 55.2 Å². The van der Waals surface area contributed by atoms with E-state index in [1.165, 1.54) is 62.6 Å². The molecule has 11 N–H and O–H groups in total. The molecule has 5 aromatic heterocycles. The average Bonchev–Trinajstić information content (AvgIpc) is 1.68. The third kappa shape index (κ3) is 40.6. The maximum absolute atomic E-state index is 12.6. The van der Waals surface area contributed by atoms with Gasteiger partial charge in [-0.15, -0.1) is 12.0 Å². The Balaban J connectivity index is 0.000000445. The Hall–Kier alpha value is -14.3. The Morgan fingerprint density at radius 1 is 0.429 bits per heavy atom. The van der Waals surface area contributed by atoms with Crippen molar-refractivity contribution in [2.75, 3.05) is 56.9 Å². The molecule has 0 radical (unpaired) electrons. The van der Waals surface area contributed by atoms with E-state index < -0.39 is 160 Å². The van der Waals surface area contributed by atoms with Crippen molar-refractivity contribution < 1.29 is 125 Å².